The zero-order valence-electron chi connectivity index (χ0n) is 12.0. The Morgan fingerprint density at radius 3 is 2.40 bits per heavy atom. The van der Waals surface area contributed by atoms with E-state index in [1.54, 1.807) is 6.92 Å². The van der Waals surface area contributed by atoms with E-state index in [1.807, 2.05) is 0 Å². The standard InChI is InChI=1S/C13H22N2O4S/c1-10-11(16)14-13(6-4-3-5-7-13)12(17)15(10)8-9-20(2,18)19/h10H,3-9H2,1-2H3,(H,14,16). The fourth-order valence-corrected chi connectivity index (χ4v) is 3.57. The summed E-state index contributed by atoms with van der Waals surface area (Å²) < 4.78 is 22.6. The van der Waals surface area contributed by atoms with Crippen molar-refractivity contribution in [3.63, 3.8) is 0 Å². The van der Waals surface area contributed by atoms with Crippen molar-refractivity contribution >= 4 is 21.7 Å². The second-order valence-electron chi connectivity index (χ2n) is 5.94. The molecule has 2 fully saturated rings. The quantitative estimate of drug-likeness (QED) is 0.800. The monoisotopic (exact) mass is 302 g/mol. The maximum absolute atomic E-state index is 12.7. The summed E-state index contributed by atoms with van der Waals surface area (Å²) in [5.74, 6) is -0.403. The van der Waals surface area contributed by atoms with Gasteiger partial charge in [0, 0.05) is 12.8 Å². The van der Waals surface area contributed by atoms with Crippen LogP contribution in [0.1, 0.15) is 39.0 Å². The van der Waals surface area contributed by atoms with E-state index in [0.717, 1.165) is 25.5 Å². The maximum atomic E-state index is 12.7. The number of piperazine rings is 1. The van der Waals surface area contributed by atoms with Crippen LogP contribution < -0.4 is 5.32 Å². The number of nitrogens with zero attached hydrogens (tertiary/aromatic N) is 1. The first kappa shape index (κ1) is 15.3. The number of nitrogens with one attached hydrogen (secondary N) is 1. The molecule has 6 nitrogen and oxygen atoms in total. The second-order valence-corrected chi connectivity index (χ2v) is 8.20. The van der Waals surface area contributed by atoms with Crippen LogP contribution in [-0.4, -0.2) is 55.3 Å². The first-order valence-electron chi connectivity index (χ1n) is 7.06. The van der Waals surface area contributed by atoms with Crippen molar-refractivity contribution in [2.45, 2.75) is 50.6 Å². The van der Waals surface area contributed by atoms with Gasteiger partial charge >= 0.3 is 0 Å². The van der Waals surface area contributed by atoms with Crippen molar-refractivity contribution in [2.24, 2.45) is 0 Å². The van der Waals surface area contributed by atoms with Gasteiger partial charge in [-0.05, 0) is 19.8 Å². The molecule has 1 aliphatic heterocycles. The molecule has 0 aromatic carbocycles. The van der Waals surface area contributed by atoms with Crippen LogP contribution in [0.4, 0.5) is 0 Å². The topological polar surface area (TPSA) is 83.6 Å². The highest BCUT2D eigenvalue weighted by molar-refractivity contribution is 7.90. The van der Waals surface area contributed by atoms with Crippen LogP contribution in [-0.2, 0) is 19.4 Å². The summed E-state index contributed by atoms with van der Waals surface area (Å²) in [5, 5.41) is 2.88. The Morgan fingerprint density at radius 1 is 1.25 bits per heavy atom. The minimum absolute atomic E-state index is 0.0913. The molecule has 1 spiro atoms. The molecule has 7 heteroatoms. The van der Waals surface area contributed by atoms with Gasteiger partial charge in [0.1, 0.15) is 21.4 Å². The number of hydrogen-bond donors (Lipinski definition) is 1. The number of sulfone groups is 1. The highest BCUT2D eigenvalue weighted by atomic mass is 32.2. The number of amides is 2. The fourth-order valence-electron chi connectivity index (χ4n) is 3.04. The first-order chi connectivity index (χ1) is 9.25. The molecule has 0 radical (unpaired) electrons. The van der Waals surface area contributed by atoms with Crippen LogP contribution in [0.2, 0.25) is 0 Å². The Kier molecular flexibility index (Phi) is 4.09. The molecule has 1 atom stereocenters. The van der Waals surface area contributed by atoms with Gasteiger partial charge in [-0.25, -0.2) is 8.42 Å². The lowest BCUT2D eigenvalue weighted by Crippen LogP contribution is -2.70. The summed E-state index contributed by atoms with van der Waals surface area (Å²) in [5.41, 5.74) is -0.792. The molecule has 0 aromatic heterocycles. The third-order valence-electron chi connectivity index (χ3n) is 4.29. The van der Waals surface area contributed by atoms with Crippen LogP contribution in [0.15, 0.2) is 0 Å². The Labute approximate surface area is 119 Å². The summed E-state index contributed by atoms with van der Waals surface area (Å²) in [7, 11) is -3.16. The van der Waals surface area contributed by atoms with Crippen molar-refractivity contribution < 1.29 is 18.0 Å². The van der Waals surface area contributed by atoms with Gasteiger partial charge in [0.05, 0.1) is 5.75 Å². The van der Waals surface area contributed by atoms with Crippen molar-refractivity contribution in [1.82, 2.24) is 10.2 Å². The van der Waals surface area contributed by atoms with Gasteiger partial charge in [-0.2, -0.15) is 0 Å². The summed E-state index contributed by atoms with van der Waals surface area (Å²) in [4.78, 5) is 26.2. The fraction of sp³-hybridized carbons (Fsp3) is 0.846. The smallest absolute Gasteiger partial charge is 0.249 e. The second kappa shape index (κ2) is 5.35. The van der Waals surface area contributed by atoms with E-state index < -0.39 is 21.4 Å². The molecule has 1 unspecified atom stereocenters. The van der Waals surface area contributed by atoms with Gasteiger partial charge in [0.15, 0.2) is 0 Å². The number of carbonyl (C=O) groups excluding carboxylic acids is 2. The Morgan fingerprint density at radius 2 is 1.85 bits per heavy atom. The molecule has 2 amide bonds. The van der Waals surface area contributed by atoms with Crippen molar-refractivity contribution in [3.05, 3.63) is 0 Å². The van der Waals surface area contributed by atoms with Crippen molar-refractivity contribution in [1.29, 1.82) is 0 Å². The third-order valence-corrected chi connectivity index (χ3v) is 5.21. The van der Waals surface area contributed by atoms with Crippen LogP contribution in [0.5, 0.6) is 0 Å². The molecule has 1 saturated carbocycles. The molecule has 1 aliphatic carbocycles. The Balaban J connectivity index is 2.20. The molecule has 114 valence electrons. The van der Waals surface area contributed by atoms with Gasteiger partial charge < -0.3 is 10.2 Å². The molecule has 1 heterocycles. The minimum Gasteiger partial charge on any atom is -0.340 e. The van der Waals surface area contributed by atoms with Crippen LogP contribution in [0.25, 0.3) is 0 Å². The third kappa shape index (κ3) is 2.97. The van der Waals surface area contributed by atoms with Gasteiger partial charge in [0.25, 0.3) is 0 Å². The molecule has 0 aromatic rings. The van der Waals surface area contributed by atoms with E-state index in [4.69, 9.17) is 0 Å². The van der Waals surface area contributed by atoms with Gasteiger partial charge in [-0.1, -0.05) is 19.3 Å². The molecule has 20 heavy (non-hydrogen) atoms. The van der Waals surface area contributed by atoms with E-state index >= 15 is 0 Å². The van der Waals surface area contributed by atoms with Crippen LogP contribution in [0.3, 0.4) is 0 Å². The highest BCUT2D eigenvalue weighted by Gasteiger charge is 2.49. The predicted molar refractivity (Wildman–Crippen MR) is 74.8 cm³/mol. The lowest BCUT2D eigenvalue weighted by atomic mass is 9.78. The van der Waals surface area contributed by atoms with Gasteiger partial charge in [-0.15, -0.1) is 0 Å². The zero-order valence-corrected chi connectivity index (χ0v) is 12.8. The normalized spacial score (nSPS) is 26.7. The average molecular weight is 302 g/mol. The lowest BCUT2D eigenvalue weighted by Gasteiger charge is -2.46. The molecule has 1 saturated heterocycles. The Bertz CT molecular complexity index is 508. The Hall–Kier alpha value is -1.11. The maximum Gasteiger partial charge on any atom is 0.249 e. The molecular formula is C13H22N2O4S. The van der Waals surface area contributed by atoms with Crippen molar-refractivity contribution in [3.8, 4) is 0 Å². The summed E-state index contributed by atoms with van der Waals surface area (Å²) in [6.07, 6.45) is 5.35. The van der Waals surface area contributed by atoms with E-state index in [1.165, 1.54) is 4.90 Å². The number of rotatable bonds is 3. The largest absolute Gasteiger partial charge is 0.340 e. The summed E-state index contributed by atoms with van der Waals surface area (Å²) in [6, 6.07) is -0.600. The van der Waals surface area contributed by atoms with E-state index in [-0.39, 0.29) is 24.1 Å². The van der Waals surface area contributed by atoms with Crippen LogP contribution in [0, 0.1) is 0 Å². The molecule has 2 aliphatic rings. The van der Waals surface area contributed by atoms with E-state index in [2.05, 4.69) is 5.32 Å². The van der Waals surface area contributed by atoms with Gasteiger partial charge in [-0.3, -0.25) is 9.59 Å². The molecular weight excluding hydrogens is 280 g/mol. The van der Waals surface area contributed by atoms with Crippen molar-refractivity contribution in [2.75, 3.05) is 18.6 Å². The number of hydrogen-bond acceptors (Lipinski definition) is 4. The SMILES string of the molecule is CC1C(=O)NC2(CCCCC2)C(=O)N1CCS(C)(=O)=O. The summed E-state index contributed by atoms with van der Waals surface area (Å²) in [6.45, 7) is 1.74. The van der Waals surface area contributed by atoms with E-state index in [0.29, 0.717) is 12.8 Å². The van der Waals surface area contributed by atoms with Crippen LogP contribution >= 0.6 is 0 Å². The molecule has 2 rings (SSSR count). The summed E-state index contributed by atoms with van der Waals surface area (Å²) >= 11 is 0. The number of carbonyl (C=O) groups is 2. The molecule has 1 N–H and O–H groups in total. The molecule has 0 bridgehead atoms. The minimum atomic E-state index is -3.16. The highest BCUT2D eigenvalue weighted by Crippen LogP contribution is 2.33. The zero-order chi connectivity index (χ0) is 15.0. The predicted octanol–water partition coefficient (Wildman–Crippen LogP) is 0.0808. The van der Waals surface area contributed by atoms with E-state index in [9.17, 15) is 18.0 Å². The average Bonchev–Trinajstić information content (AvgIpc) is 2.36. The first-order valence-corrected chi connectivity index (χ1v) is 9.12. The lowest BCUT2D eigenvalue weighted by molar-refractivity contribution is -0.155. The van der Waals surface area contributed by atoms with Gasteiger partial charge in [0.2, 0.25) is 11.8 Å².